The maximum absolute atomic E-state index is 13.6. The molecule has 0 bridgehead atoms. The van der Waals surface area contributed by atoms with E-state index in [4.69, 9.17) is 17.2 Å². The zero-order valence-electron chi connectivity index (χ0n) is 21.6. The van der Waals surface area contributed by atoms with E-state index in [-0.39, 0.29) is 57.4 Å². The number of alkyl halides is 3. The highest BCUT2D eigenvalue weighted by Crippen LogP contribution is 2.32. The maximum atomic E-state index is 13.6. The van der Waals surface area contributed by atoms with Gasteiger partial charge in [0.25, 0.3) is 0 Å². The van der Waals surface area contributed by atoms with Crippen LogP contribution in [-0.4, -0.2) is 60.8 Å². The standard InChI is InChI=1S/C27H35F4N5O3/c28-21-9-6-19(16-20(21)27(29,30)31)8-11-24(37)23(10-7-18-4-2-1-3-5-18)35-26(39)22(34)17-25(38)36(14-12-32)15-13-33/h1-6,9,16,22-23H,7-8,10-15,17,32-34H2,(H,35,39)/t22-,23-/m0/s1. The summed E-state index contributed by atoms with van der Waals surface area (Å²) in [6, 6.07) is 9.54. The SMILES string of the molecule is NCCN(CCN)C(=O)C[C@H](N)C(=O)N[C@@H](CCc1ccccc1)C(=O)CCc1ccc(F)c(C(F)(F)F)c1. The van der Waals surface area contributed by atoms with Crippen molar-refractivity contribution < 1.29 is 31.9 Å². The van der Waals surface area contributed by atoms with Gasteiger partial charge in [-0.1, -0.05) is 36.4 Å². The van der Waals surface area contributed by atoms with Crippen molar-refractivity contribution in [3.63, 3.8) is 0 Å². The van der Waals surface area contributed by atoms with Gasteiger partial charge in [0.2, 0.25) is 11.8 Å². The summed E-state index contributed by atoms with van der Waals surface area (Å²) >= 11 is 0. The minimum atomic E-state index is -4.87. The van der Waals surface area contributed by atoms with Gasteiger partial charge < -0.3 is 27.4 Å². The van der Waals surface area contributed by atoms with Crippen LogP contribution in [0.5, 0.6) is 0 Å². The molecule has 0 saturated heterocycles. The number of hydrogen-bond acceptors (Lipinski definition) is 6. The fourth-order valence-corrected chi connectivity index (χ4v) is 4.02. The number of ketones is 1. The number of amides is 2. The van der Waals surface area contributed by atoms with Crippen LogP contribution >= 0.6 is 0 Å². The molecule has 0 radical (unpaired) electrons. The highest BCUT2D eigenvalue weighted by molar-refractivity contribution is 5.93. The molecule has 39 heavy (non-hydrogen) atoms. The Morgan fingerprint density at radius 2 is 1.56 bits per heavy atom. The predicted molar refractivity (Wildman–Crippen MR) is 139 cm³/mol. The van der Waals surface area contributed by atoms with Crippen LogP contribution in [0.15, 0.2) is 48.5 Å². The molecule has 0 unspecified atom stereocenters. The van der Waals surface area contributed by atoms with Crippen LogP contribution in [0.4, 0.5) is 17.6 Å². The van der Waals surface area contributed by atoms with Crippen molar-refractivity contribution in [3.05, 3.63) is 71.0 Å². The summed E-state index contributed by atoms with van der Waals surface area (Å²) in [5, 5.41) is 2.60. The van der Waals surface area contributed by atoms with E-state index in [0.29, 0.717) is 18.6 Å². The van der Waals surface area contributed by atoms with Crippen molar-refractivity contribution in [1.82, 2.24) is 10.2 Å². The van der Waals surface area contributed by atoms with Gasteiger partial charge in [0, 0.05) is 32.6 Å². The number of halogens is 4. The first-order chi connectivity index (χ1) is 18.5. The van der Waals surface area contributed by atoms with E-state index in [1.165, 1.54) is 11.0 Å². The smallest absolute Gasteiger partial charge is 0.345 e. The van der Waals surface area contributed by atoms with Gasteiger partial charge in [0.15, 0.2) is 5.78 Å². The number of rotatable bonds is 15. The first kappa shape index (κ1) is 31.9. The predicted octanol–water partition coefficient (Wildman–Crippen LogP) is 1.93. The first-order valence-corrected chi connectivity index (χ1v) is 12.6. The quantitative estimate of drug-likeness (QED) is 0.248. The molecular weight excluding hydrogens is 518 g/mol. The fourth-order valence-electron chi connectivity index (χ4n) is 4.02. The molecular formula is C27H35F4N5O3. The lowest BCUT2D eigenvalue weighted by Gasteiger charge is -2.24. The van der Waals surface area contributed by atoms with Gasteiger partial charge in [-0.05, 0) is 42.5 Å². The molecule has 2 aromatic carbocycles. The van der Waals surface area contributed by atoms with Crippen molar-refractivity contribution in [2.24, 2.45) is 17.2 Å². The van der Waals surface area contributed by atoms with Gasteiger partial charge in [-0.3, -0.25) is 14.4 Å². The van der Waals surface area contributed by atoms with Crippen LogP contribution in [0.2, 0.25) is 0 Å². The van der Waals surface area contributed by atoms with E-state index >= 15 is 0 Å². The van der Waals surface area contributed by atoms with E-state index in [1.807, 2.05) is 30.3 Å². The van der Waals surface area contributed by atoms with Gasteiger partial charge in [-0.25, -0.2) is 4.39 Å². The molecule has 2 rings (SSSR count). The number of nitrogens with two attached hydrogens (primary N) is 3. The zero-order chi connectivity index (χ0) is 29.0. The minimum absolute atomic E-state index is 0.0857. The monoisotopic (exact) mass is 553 g/mol. The normalized spacial score (nSPS) is 13.0. The van der Waals surface area contributed by atoms with Crippen molar-refractivity contribution in [3.8, 4) is 0 Å². The summed E-state index contributed by atoms with van der Waals surface area (Å²) in [7, 11) is 0. The van der Waals surface area contributed by atoms with Gasteiger partial charge in [-0.2, -0.15) is 13.2 Å². The minimum Gasteiger partial charge on any atom is -0.345 e. The zero-order valence-corrected chi connectivity index (χ0v) is 21.6. The lowest BCUT2D eigenvalue weighted by atomic mass is 9.96. The average Bonchev–Trinajstić information content (AvgIpc) is 2.89. The van der Waals surface area contributed by atoms with Crippen molar-refractivity contribution >= 4 is 17.6 Å². The molecule has 2 aromatic rings. The molecule has 0 aliphatic rings. The summed E-state index contributed by atoms with van der Waals surface area (Å²) in [6.07, 6.45) is -4.83. The lowest BCUT2D eigenvalue weighted by molar-refractivity contribution is -0.140. The summed E-state index contributed by atoms with van der Waals surface area (Å²) < 4.78 is 52.8. The molecule has 8 nitrogen and oxygen atoms in total. The maximum Gasteiger partial charge on any atom is 0.419 e. The molecule has 0 aromatic heterocycles. The molecule has 12 heteroatoms. The van der Waals surface area contributed by atoms with Gasteiger partial charge in [0.1, 0.15) is 5.82 Å². The lowest BCUT2D eigenvalue weighted by Crippen LogP contribution is -2.51. The number of nitrogens with one attached hydrogen (secondary N) is 1. The molecule has 0 fully saturated rings. The second kappa shape index (κ2) is 15.3. The Morgan fingerprint density at radius 1 is 0.923 bits per heavy atom. The molecule has 0 heterocycles. The summed E-state index contributed by atoms with van der Waals surface area (Å²) in [5.41, 5.74) is 16.6. The molecule has 2 amide bonds. The Balaban J connectivity index is 2.10. The topological polar surface area (TPSA) is 145 Å². The third kappa shape index (κ3) is 10.4. The van der Waals surface area contributed by atoms with E-state index in [2.05, 4.69) is 5.32 Å². The van der Waals surface area contributed by atoms with Crippen LogP contribution < -0.4 is 22.5 Å². The Bertz CT molecular complexity index is 1090. The summed E-state index contributed by atoms with van der Waals surface area (Å²) in [5.74, 6) is -2.94. The Morgan fingerprint density at radius 3 is 2.15 bits per heavy atom. The van der Waals surface area contributed by atoms with Gasteiger partial charge >= 0.3 is 6.18 Å². The van der Waals surface area contributed by atoms with E-state index < -0.39 is 47.2 Å². The van der Waals surface area contributed by atoms with E-state index in [9.17, 15) is 31.9 Å². The van der Waals surface area contributed by atoms with Crippen molar-refractivity contribution in [1.29, 1.82) is 0 Å². The number of Topliss-reactive ketones (excluding diaryl/α,β-unsaturated/α-hetero) is 1. The van der Waals surface area contributed by atoms with Crippen molar-refractivity contribution in [2.75, 3.05) is 26.2 Å². The second-order valence-electron chi connectivity index (χ2n) is 9.13. The van der Waals surface area contributed by atoms with Crippen LogP contribution in [0.3, 0.4) is 0 Å². The van der Waals surface area contributed by atoms with Crippen LogP contribution in [-0.2, 0) is 33.4 Å². The van der Waals surface area contributed by atoms with E-state index in [0.717, 1.165) is 5.56 Å². The molecule has 2 atom stereocenters. The van der Waals surface area contributed by atoms with Crippen molar-refractivity contribution in [2.45, 2.75) is 50.4 Å². The third-order valence-electron chi connectivity index (χ3n) is 6.15. The summed E-state index contributed by atoms with van der Waals surface area (Å²) in [6.45, 7) is 0.924. The Hall–Kier alpha value is -3.35. The molecule has 0 spiro atoms. The number of hydrogen-bond donors (Lipinski definition) is 4. The van der Waals surface area contributed by atoms with Gasteiger partial charge in [-0.15, -0.1) is 0 Å². The first-order valence-electron chi connectivity index (χ1n) is 12.6. The van der Waals surface area contributed by atoms with E-state index in [1.54, 1.807) is 0 Å². The van der Waals surface area contributed by atoms with Crippen LogP contribution in [0.1, 0.15) is 36.0 Å². The number of carbonyl (C=O) groups is 3. The number of carbonyl (C=O) groups excluding carboxylic acids is 3. The van der Waals surface area contributed by atoms with Crippen LogP contribution in [0.25, 0.3) is 0 Å². The van der Waals surface area contributed by atoms with Gasteiger partial charge in [0.05, 0.1) is 24.1 Å². The number of aryl methyl sites for hydroxylation is 2. The molecule has 7 N–H and O–H groups in total. The molecule has 214 valence electrons. The molecule has 0 saturated carbocycles. The number of nitrogens with zero attached hydrogens (tertiary/aromatic N) is 1. The Kier molecular flexibility index (Phi) is 12.5. The Labute approximate surface area is 224 Å². The molecule has 0 aliphatic carbocycles. The third-order valence-corrected chi connectivity index (χ3v) is 6.15. The highest BCUT2D eigenvalue weighted by Gasteiger charge is 2.34. The van der Waals surface area contributed by atoms with Crippen LogP contribution in [0, 0.1) is 5.82 Å². The average molecular weight is 554 g/mol. The second-order valence-corrected chi connectivity index (χ2v) is 9.13. The molecule has 0 aliphatic heterocycles. The number of benzene rings is 2. The highest BCUT2D eigenvalue weighted by atomic mass is 19.4. The fraction of sp³-hybridized carbons (Fsp3) is 0.444. The summed E-state index contributed by atoms with van der Waals surface area (Å²) in [4.78, 5) is 39.9. The largest absolute Gasteiger partial charge is 0.419 e.